The van der Waals surface area contributed by atoms with E-state index in [1.54, 1.807) is 18.6 Å². The van der Waals surface area contributed by atoms with Gasteiger partial charge in [-0.25, -0.2) is 4.98 Å². The lowest BCUT2D eigenvalue weighted by Gasteiger charge is -2.27. The Kier molecular flexibility index (Phi) is 4.03. The molecule has 2 atom stereocenters. The predicted molar refractivity (Wildman–Crippen MR) is 63.4 cm³/mol. The summed E-state index contributed by atoms with van der Waals surface area (Å²) in [4.78, 5) is 19.9. The molecule has 1 N–H and O–H groups in total. The van der Waals surface area contributed by atoms with Crippen molar-refractivity contribution >= 4 is 11.7 Å². The zero-order valence-electron chi connectivity index (χ0n) is 9.93. The Bertz CT molecular complexity index is 369. The van der Waals surface area contributed by atoms with Crippen LogP contribution in [0.4, 0.5) is 5.82 Å². The quantitative estimate of drug-likeness (QED) is 0.864. The number of ether oxygens (including phenoxy) is 1. The van der Waals surface area contributed by atoms with Crippen molar-refractivity contribution in [3.63, 3.8) is 0 Å². The molecule has 0 bridgehead atoms. The van der Waals surface area contributed by atoms with Crippen molar-refractivity contribution < 1.29 is 9.53 Å². The van der Waals surface area contributed by atoms with Crippen molar-refractivity contribution in [2.24, 2.45) is 5.92 Å². The number of hydrogen-bond donors (Lipinski definition) is 1. The molecular weight excluding hydrogens is 218 g/mol. The van der Waals surface area contributed by atoms with Gasteiger partial charge in [0.2, 0.25) is 5.91 Å². The van der Waals surface area contributed by atoms with Crippen molar-refractivity contribution in [3.05, 3.63) is 18.6 Å². The van der Waals surface area contributed by atoms with Crippen LogP contribution in [0, 0.1) is 5.92 Å². The smallest absolute Gasteiger partial charge is 0.228 e. The highest BCUT2D eigenvalue weighted by atomic mass is 16.5. The van der Waals surface area contributed by atoms with Gasteiger partial charge in [-0.15, -0.1) is 0 Å². The normalized spacial score (nSPS) is 24.3. The highest BCUT2D eigenvalue weighted by Crippen LogP contribution is 2.23. The van der Waals surface area contributed by atoms with Gasteiger partial charge in [0.15, 0.2) is 5.82 Å². The Morgan fingerprint density at radius 3 is 3.18 bits per heavy atom. The summed E-state index contributed by atoms with van der Waals surface area (Å²) < 4.78 is 5.55. The summed E-state index contributed by atoms with van der Waals surface area (Å²) in [6, 6.07) is 0. The average molecular weight is 235 g/mol. The van der Waals surface area contributed by atoms with Crippen LogP contribution in [-0.2, 0) is 9.53 Å². The van der Waals surface area contributed by atoms with Crippen molar-refractivity contribution in [3.8, 4) is 0 Å². The minimum atomic E-state index is 0.0206. The first-order chi connectivity index (χ1) is 8.29. The largest absolute Gasteiger partial charge is 0.378 e. The van der Waals surface area contributed by atoms with E-state index < -0.39 is 0 Å². The number of hydrogen-bond acceptors (Lipinski definition) is 4. The molecule has 1 amide bonds. The van der Waals surface area contributed by atoms with Gasteiger partial charge in [0.25, 0.3) is 0 Å². The number of anilines is 1. The van der Waals surface area contributed by atoms with Gasteiger partial charge in [-0.05, 0) is 19.3 Å². The maximum absolute atomic E-state index is 12.0. The first-order valence-corrected chi connectivity index (χ1v) is 5.98. The number of carbonyl (C=O) groups excluding carboxylic acids is 1. The molecule has 2 heterocycles. The van der Waals surface area contributed by atoms with E-state index in [1.165, 1.54) is 0 Å². The number of nitrogens with one attached hydrogen (secondary N) is 1. The number of rotatable bonds is 3. The van der Waals surface area contributed by atoms with E-state index in [0.717, 1.165) is 19.3 Å². The SMILES string of the molecule is CC[C@@H]1C[C@H](C(=O)Nc2cnccn2)CCO1. The van der Waals surface area contributed by atoms with Crippen LogP contribution in [-0.4, -0.2) is 28.6 Å². The molecular formula is C12H17N3O2. The first-order valence-electron chi connectivity index (χ1n) is 5.98. The van der Waals surface area contributed by atoms with Gasteiger partial charge in [-0.3, -0.25) is 9.78 Å². The fourth-order valence-corrected chi connectivity index (χ4v) is 1.99. The monoisotopic (exact) mass is 235 g/mol. The van der Waals surface area contributed by atoms with Gasteiger partial charge < -0.3 is 10.1 Å². The van der Waals surface area contributed by atoms with Crippen LogP contribution in [0.5, 0.6) is 0 Å². The van der Waals surface area contributed by atoms with E-state index in [2.05, 4.69) is 22.2 Å². The molecule has 1 fully saturated rings. The molecule has 0 aliphatic carbocycles. The number of amides is 1. The molecule has 5 nitrogen and oxygen atoms in total. The van der Waals surface area contributed by atoms with Crippen LogP contribution in [0.2, 0.25) is 0 Å². The fourth-order valence-electron chi connectivity index (χ4n) is 1.99. The lowest BCUT2D eigenvalue weighted by molar-refractivity contribution is -0.124. The van der Waals surface area contributed by atoms with Crippen LogP contribution in [0.25, 0.3) is 0 Å². The van der Waals surface area contributed by atoms with E-state index in [9.17, 15) is 4.79 Å². The van der Waals surface area contributed by atoms with Gasteiger partial charge in [0.1, 0.15) is 0 Å². The summed E-state index contributed by atoms with van der Waals surface area (Å²) in [5.41, 5.74) is 0. The molecule has 1 aliphatic rings. The fraction of sp³-hybridized carbons (Fsp3) is 0.583. The molecule has 1 aromatic heterocycles. The van der Waals surface area contributed by atoms with Gasteiger partial charge in [-0.2, -0.15) is 0 Å². The zero-order valence-corrected chi connectivity index (χ0v) is 9.93. The first kappa shape index (κ1) is 12.0. The Labute approximate surface area is 101 Å². The summed E-state index contributed by atoms with van der Waals surface area (Å²) in [6.45, 7) is 2.74. The topological polar surface area (TPSA) is 64.1 Å². The second kappa shape index (κ2) is 5.72. The van der Waals surface area contributed by atoms with Crippen molar-refractivity contribution in [1.29, 1.82) is 0 Å². The predicted octanol–water partition coefficient (Wildman–Crippen LogP) is 1.62. The Morgan fingerprint density at radius 2 is 2.47 bits per heavy atom. The Hall–Kier alpha value is -1.49. The third-order valence-electron chi connectivity index (χ3n) is 3.01. The third kappa shape index (κ3) is 3.23. The molecule has 1 aliphatic heterocycles. The second-order valence-corrected chi connectivity index (χ2v) is 4.20. The van der Waals surface area contributed by atoms with E-state index in [-0.39, 0.29) is 17.9 Å². The molecule has 5 heteroatoms. The molecule has 0 saturated carbocycles. The summed E-state index contributed by atoms with van der Waals surface area (Å²) in [5, 5.41) is 2.79. The van der Waals surface area contributed by atoms with Crippen LogP contribution >= 0.6 is 0 Å². The maximum Gasteiger partial charge on any atom is 0.228 e. The van der Waals surface area contributed by atoms with Gasteiger partial charge in [0.05, 0.1) is 12.3 Å². The minimum Gasteiger partial charge on any atom is -0.378 e. The van der Waals surface area contributed by atoms with Crippen LogP contribution in [0.1, 0.15) is 26.2 Å². The lowest BCUT2D eigenvalue weighted by Crippen LogP contribution is -2.33. The molecule has 2 rings (SSSR count). The minimum absolute atomic E-state index is 0.0206. The molecule has 0 radical (unpaired) electrons. The van der Waals surface area contributed by atoms with Crippen LogP contribution in [0.3, 0.4) is 0 Å². The number of carbonyl (C=O) groups is 1. The summed E-state index contributed by atoms with van der Waals surface area (Å²) in [7, 11) is 0. The number of aromatic nitrogens is 2. The van der Waals surface area contributed by atoms with Crippen molar-refractivity contribution in [1.82, 2.24) is 9.97 Å². The summed E-state index contributed by atoms with van der Waals surface area (Å²) in [6.07, 6.45) is 7.43. The molecule has 0 unspecified atom stereocenters. The molecule has 17 heavy (non-hydrogen) atoms. The highest BCUT2D eigenvalue weighted by Gasteiger charge is 2.27. The molecule has 1 saturated heterocycles. The number of nitrogens with zero attached hydrogens (tertiary/aromatic N) is 2. The van der Waals surface area contributed by atoms with Crippen LogP contribution in [0.15, 0.2) is 18.6 Å². The zero-order chi connectivity index (χ0) is 12.1. The maximum atomic E-state index is 12.0. The van der Waals surface area contributed by atoms with Crippen molar-refractivity contribution in [2.45, 2.75) is 32.3 Å². The molecule has 0 spiro atoms. The second-order valence-electron chi connectivity index (χ2n) is 4.20. The van der Waals surface area contributed by atoms with Crippen molar-refractivity contribution in [2.75, 3.05) is 11.9 Å². The van der Waals surface area contributed by atoms with E-state index in [0.29, 0.717) is 12.4 Å². The van der Waals surface area contributed by atoms with Gasteiger partial charge in [0, 0.05) is 24.9 Å². The van der Waals surface area contributed by atoms with Crippen LogP contribution < -0.4 is 5.32 Å². The van der Waals surface area contributed by atoms with E-state index in [1.807, 2.05) is 0 Å². The molecule has 0 aromatic carbocycles. The Morgan fingerprint density at radius 1 is 1.59 bits per heavy atom. The van der Waals surface area contributed by atoms with E-state index >= 15 is 0 Å². The average Bonchev–Trinajstić information content (AvgIpc) is 2.40. The standard InChI is InChI=1S/C12H17N3O2/c1-2-10-7-9(3-6-17-10)12(16)15-11-8-13-4-5-14-11/h4-5,8-10H,2-3,6-7H2,1H3,(H,14,15,16)/t9-,10-/m1/s1. The Balaban J connectivity index is 1.91. The molecule has 1 aromatic rings. The summed E-state index contributed by atoms with van der Waals surface area (Å²) >= 11 is 0. The van der Waals surface area contributed by atoms with Gasteiger partial charge >= 0.3 is 0 Å². The van der Waals surface area contributed by atoms with Gasteiger partial charge in [-0.1, -0.05) is 6.92 Å². The lowest BCUT2D eigenvalue weighted by atomic mass is 9.93. The van der Waals surface area contributed by atoms with E-state index in [4.69, 9.17) is 4.74 Å². The molecule has 92 valence electrons. The summed E-state index contributed by atoms with van der Waals surface area (Å²) in [5.74, 6) is 0.556. The highest BCUT2D eigenvalue weighted by molar-refractivity contribution is 5.91. The third-order valence-corrected chi connectivity index (χ3v) is 3.01.